The molecule has 0 bridgehead atoms. The molecule has 5 heteroatoms. The molecule has 0 aliphatic heterocycles. The molecular weight excluding hydrogens is 242 g/mol. The van der Waals surface area contributed by atoms with Crippen molar-refractivity contribution in [3.05, 3.63) is 29.3 Å². The molecule has 1 aromatic rings. The quantitative estimate of drug-likeness (QED) is 0.852. The molecule has 0 saturated carbocycles. The van der Waals surface area contributed by atoms with Gasteiger partial charge in [-0.3, -0.25) is 9.59 Å². The minimum atomic E-state index is -0.599. The van der Waals surface area contributed by atoms with Crippen molar-refractivity contribution >= 4 is 17.5 Å². The van der Waals surface area contributed by atoms with Crippen LogP contribution in [-0.2, 0) is 9.59 Å². The zero-order valence-electron chi connectivity index (χ0n) is 11.9. The summed E-state index contributed by atoms with van der Waals surface area (Å²) in [6.45, 7) is 5.52. The number of hydrogen-bond donors (Lipinski definition) is 2. The van der Waals surface area contributed by atoms with Gasteiger partial charge >= 0.3 is 0 Å². The van der Waals surface area contributed by atoms with Gasteiger partial charge in [0.05, 0.1) is 12.6 Å². The van der Waals surface area contributed by atoms with Crippen LogP contribution in [-0.4, -0.2) is 36.3 Å². The molecule has 1 rings (SSSR count). The highest BCUT2D eigenvalue weighted by Crippen LogP contribution is 2.17. The molecule has 2 amide bonds. The zero-order chi connectivity index (χ0) is 14.6. The summed E-state index contributed by atoms with van der Waals surface area (Å²) in [5.41, 5.74) is 8.39. The Bertz CT molecular complexity index is 484. The third-order valence-corrected chi connectivity index (χ3v) is 3.03. The molecule has 19 heavy (non-hydrogen) atoms. The average molecular weight is 263 g/mol. The smallest absolute Gasteiger partial charge is 0.243 e. The van der Waals surface area contributed by atoms with E-state index in [0.29, 0.717) is 0 Å². The van der Waals surface area contributed by atoms with E-state index < -0.39 is 6.04 Å². The largest absolute Gasteiger partial charge is 0.335 e. The third kappa shape index (κ3) is 4.06. The number of nitrogens with one attached hydrogen (secondary N) is 1. The minimum Gasteiger partial charge on any atom is -0.335 e. The Kier molecular flexibility index (Phi) is 5.06. The number of amides is 2. The van der Waals surface area contributed by atoms with E-state index in [9.17, 15) is 9.59 Å². The van der Waals surface area contributed by atoms with Crippen molar-refractivity contribution in [2.75, 3.05) is 18.9 Å². The molecule has 0 aliphatic carbocycles. The zero-order valence-corrected chi connectivity index (χ0v) is 11.9. The Morgan fingerprint density at radius 1 is 1.37 bits per heavy atom. The molecule has 0 fully saturated rings. The van der Waals surface area contributed by atoms with Gasteiger partial charge in [0.15, 0.2) is 0 Å². The van der Waals surface area contributed by atoms with Crippen molar-refractivity contribution < 1.29 is 9.59 Å². The molecule has 0 aromatic heterocycles. The van der Waals surface area contributed by atoms with E-state index in [1.807, 2.05) is 32.0 Å². The Morgan fingerprint density at radius 2 is 2.00 bits per heavy atom. The van der Waals surface area contributed by atoms with Crippen LogP contribution >= 0.6 is 0 Å². The minimum absolute atomic E-state index is 0.00620. The Balaban J connectivity index is 2.66. The Hall–Kier alpha value is -1.88. The van der Waals surface area contributed by atoms with Crippen molar-refractivity contribution in [3.8, 4) is 0 Å². The van der Waals surface area contributed by atoms with E-state index >= 15 is 0 Å². The maximum Gasteiger partial charge on any atom is 0.243 e. The lowest BCUT2D eigenvalue weighted by atomic mass is 10.1. The van der Waals surface area contributed by atoms with Crippen molar-refractivity contribution in [2.45, 2.75) is 26.8 Å². The van der Waals surface area contributed by atoms with Crippen LogP contribution in [0, 0.1) is 13.8 Å². The van der Waals surface area contributed by atoms with Crippen LogP contribution in [0.1, 0.15) is 18.1 Å². The SMILES string of the molecule is Cc1cccc(NC(=O)CN(C)C(=O)C(C)N)c1C. The van der Waals surface area contributed by atoms with Crippen LogP contribution in [0.3, 0.4) is 0 Å². The summed E-state index contributed by atoms with van der Waals surface area (Å²) in [6, 6.07) is 5.11. The highest BCUT2D eigenvalue weighted by Gasteiger charge is 2.16. The van der Waals surface area contributed by atoms with Gasteiger partial charge < -0.3 is 16.0 Å². The second-order valence-electron chi connectivity index (χ2n) is 4.78. The first-order chi connectivity index (χ1) is 8.82. The molecule has 1 aromatic carbocycles. The van der Waals surface area contributed by atoms with E-state index in [4.69, 9.17) is 5.73 Å². The molecule has 0 heterocycles. The van der Waals surface area contributed by atoms with E-state index in [2.05, 4.69) is 5.32 Å². The Morgan fingerprint density at radius 3 is 2.58 bits per heavy atom. The number of nitrogens with zero attached hydrogens (tertiary/aromatic N) is 1. The van der Waals surface area contributed by atoms with Gasteiger partial charge in [-0.05, 0) is 38.0 Å². The van der Waals surface area contributed by atoms with Crippen molar-refractivity contribution in [1.29, 1.82) is 0 Å². The van der Waals surface area contributed by atoms with Crippen LogP contribution < -0.4 is 11.1 Å². The lowest BCUT2D eigenvalue weighted by Crippen LogP contribution is -2.43. The molecule has 0 aliphatic rings. The number of hydrogen-bond acceptors (Lipinski definition) is 3. The fraction of sp³-hybridized carbons (Fsp3) is 0.429. The molecule has 1 atom stereocenters. The second-order valence-corrected chi connectivity index (χ2v) is 4.78. The molecule has 0 radical (unpaired) electrons. The lowest BCUT2D eigenvalue weighted by molar-refractivity contribution is -0.134. The molecule has 1 unspecified atom stereocenters. The van der Waals surface area contributed by atoms with Gasteiger partial charge in [-0.15, -0.1) is 0 Å². The first kappa shape index (κ1) is 15.2. The Labute approximate surface area is 113 Å². The summed E-state index contributed by atoms with van der Waals surface area (Å²) in [5, 5.41) is 2.80. The summed E-state index contributed by atoms with van der Waals surface area (Å²) < 4.78 is 0. The predicted molar refractivity (Wildman–Crippen MR) is 75.8 cm³/mol. The van der Waals surface area contributed by atoms with Gasteiger partial charge in [-0.2, -0.15) is 0 Å². The van der Waals surface area contributed by atoms with E-state index in [0.717, 1.165) is 16.8 Å². The van der Waals surface area contributed by atoms with Gasteiger partial charge in [-0.25, -0.2) is 0 Å². The monoisotopic (exact) mass is 263 g/mol. The molecular formula is C14H21N3O2. The molecule has 3 N–H and O–H groups in total. The van der Waals surface area contributed by atoms with Crippen molar-refractivity contribution in [1.82, 2.24) is 4.90 Å². The van der Waals surface area contributed by atoms with Gasteiger partial charge in [0, 0.05) is 12.7 Å². The second kappa shape index (κ2) is 6.33. The number of aryl methyl sites for hydroxylation is 1. The fourth-order valence-corrected chi connectivity index (χ4v) is 1.72. The first-order valence-electron chi connectivity index (χ1n) is 6.19. The number of nitrogens with two attached hydrogens (primary N) is 1. The maximum absolute atomic E-state index is 11.9. The van der Waals surface area contributed by atoms with Gasteiger partial charge in [-0.1, -0.05) is 12.1 Å². The van der Waals surface area contributed by atoms with Gasteiger partial charge in [0.25, 0.3) is 0 Å². The third-order valence-electron chi connectivity index (χ3n) is 3.03. The van der Waals surface area contributed by atoms with Crippen LogP contribution in [0.5, 0.6) is 0 Å². The van der Waals surface area contributed by atoms with E-state index in [1.165, 1.54) is 4.90 Å². The number of rotatable bonds is 4. The highest BCUT2D eigenvalue weighted by atomic mass is 16.2. The lowest BCUT2D eigenvalue weighted by Gasteiger charge is -2.19. The topological polar surface area (TPSA) is 75.4 Å². The van der Waals surface area contributed by atoms with Crippen LogP contribution in [0.2, 0.25) is 0 Å². The molecule has 0 spiro atoms. The van der Waals surface area contributed by atoms with Crippen LogP contribution in [0.25, 0.3) is 0 Å². The van der Waals surface area contributed by atoms with E-state index in [-0.39, 0.29) is 18.4 Å². The summed E-state index contributed by atoms with van der Waals surface area (Å²) >= 11 is 0. The summed E-state index contributed by atoms with van der Waals surface area (Å²) in [6.07, 6.45) is 0. The van der Waals surface area contributed by atoms with Gasteiger partial charge in [0.1, 0.15) is 0 Å². The number of likely N-dealkylation sites (N-methyl/N-ethyl adjacent to an activating group) is 1. The number of carbonyl (C=O) groups excluding carboxylic acids is 2. The number of anilines is 1. The van der Waals surface area contributed by atoms with Crippen LogP contribution in [0.15, 0.2) is 18.2 Å². The standard InChI is InChI=1S/C14H21N3O2/c1-9-6-5-7-12(10(9)2)16-13(18)8-17(4)14(19)11(3)15/h5-7,11H,8,15H2,1-4H3,(H,16,18). The maximum atomic E-state index is 11.9. The summed E-state index contributed by atoms with van der Waals surface area (Å²) in [4.78, 5) is 24.8. The van der Waals surface area contributed by atoms with Crippen LogP contribution in [0.4, 0.5) is 5.69 Å². The summed E-state index contributed by atoms with van der Waals surface area (Å²) in [7, 11) is 1.56. The van der Waals surface area contributed by atoms with Crippen molar-refractivity contribution in [2.24, 2.45) is 5.73 Å². The summed E-state index contributed by atoms with van der Waals surface area (Å²) in [5.74, 6) is -0.485. The molecule has 5 nitrogen and oxygen atoms in total. The first-order valence-corrected chi connectivity index (χ1v) is 6.19. The fourth-order valence-electron chi connectivity index (χ4n) is 1.72. The van der Waals surface area contributed by atoms with E-state index in [1.54, 1.807) is 14.0 Å². The number of carbonyl (C=O) groups is 2. The predicted octanol–water partition coefficient (Wildman–Crippen LogP) is 1.05. The highest BCUT2D eigenvalue weighted by molar-refractivity contribution is 5.95. The normalized spacial score (nSPS) is 11.8. The number of benzene rings is 1. The molecule has 104 valence electrons. The molecule has 0 saturated heterocycles. The van der Waals surface area contributed by atoms with Gasteiger partial charge in [0.2, 0.25) is 11.8 Å². The van der Waals surface area contributed by atoms with Crippen molar-refractivity contribution in [3.63, 3.8) is 0 Å². The average Bonchev–Trinajstić information content (AvgIpc) is 2.33.